The summed E-state index contributed by atoms with van der Waals surface area (Å²) >= 11 is 0. The number of likely N-dealkylation sites (tertiary alicyclic amines) is 1. The lowest BCUT2D eigenvalue weighted by molar-refractivity contribution is -0.186. The van der Waals surface area contributed by atoms with Crippen LogP contribution in [0, 0.1) is 5.92 Å². The second kappa shape index (κ2) is 9.05. The van der Waals surface area contributed by atoms with Crippen LogP contribution in [-0.2, 0) is 19.1 Å². The zero-order valence-electron chi connectivity index (χ0n) is 14.7. The SMILES string of the molecule is CCCCOC(=O)[C@@H](NC(=O)[C@@H]1CCCN1C(=O)C(F)(F)F)C(C)C. The highest BCUT2D eigenvalue weighted by atomic mass is 19.4. The molecule has 1 saturated heterocycles. The lowest BCUT2D eigenvalue weighted by Gasteiger charge is -2.27. The summed E-state index contributed by atoms with van der Waals surface area (Å²) in [5.74, 6) is -3.72. The highest BCUT2D eigenvalue weighted by Crippen LogP contribution is 2.26. The van der Waals surface area contributed by atoms with Crippen LogP contribution >= 0.6 is 0 Å². The fraction of sp³-hybridized carbons (Fsp3) is 0.812. The van der Waals surface area contributed by atoms with Gasteiger partial charge >= 0.3 is 18.1 Å². The monoisotopic (exact) mass is 366 g/mol. The van der Waals surface area contributed by atoms with E-state index in [9.17, 15) is 27.6 Å². The molecule has 6 nitrogen and oxygen atoms in total. The number of carbonyl (C=O) groups is 3. The van der Waals surface area contributed by atoms with Gasteiger partial charge in [0, 0.05) is 6.54 Å². The molecule has 1 N–H and O–H groups in total. The van der Waals surface area contributed by atoms with E-state index in [-0.39, 0.29) is 25.5 Å². The lowest BCUT2D eigenvalue weighted by Crippen LogP contribution is -2.54. The smallest absolute Gasteiger partial charge is 0.464 e. The standard InChI is InChI=1S/C16H25F3N2O4/c1-4-5-9-25-14(23)12(10(2)3)20-13(22)11-7-6-8-21(11)15(24)16(17,18)19/h10-12H,4-9H2,1-3H3,(H,20,22)/t11-,12-/m0/s1. The molecule has 2 atom stereocenters. The molecule has 1 heterocycles. The van der Waals surface area contributed by atoms with E-state index in [4.69, 9.17) is 4.74 Å². The number of nitrogens with one attached hydrogen (secondary N) is 1. The summed E-state index contributed by atoms with van der Waals surface area (Å²) in [6, 6.07) is -2.19. The third-order valence-electron chi connectivity index (χ3n) is 4.02. The van der Waals surface area contributed by atoms with Gasteiger partial charge in [0.15, 0.2) is 0 Å². The number of nitrogens with zero attached hydrogens (tertiary/aromatic N) is 1. The molecule has 25 heavy (non-hydrogen) atoms. The van der Waals surface area contributed by atoms with E-state index >= 15 is 0 Å². The van der Waals surface area contributed by atoms with Crippen molar-refractivity contribution >= 4 is 17.8 Å². The number of hydrogen-bond acceptors (Lipinski definition) is 4. The molecule has 2 amide bonds. The maximum atomic E-state index is 12.6. The van der Waals surface area contributed by atoms with Crippen LogP contribution in [0.2, 0.25) is 0 Å². The van der Waals surface area contributed by atoms with Gasteiger partial charge < -0.3 is 15.0 Å². The van der Waals surface area contributed by atoms with Crippen molar-refractivity contribution in [3.05, 3.63) is 0 Å². The van der Waals surface area contributed by atoms with Gasteiger partial charge in [-0.1, -0.05) is 27.2 Å². The zero-order valence-corrected chi connectivity index (χ0v) is 14.7. The third-order valence-corrected chi connectivity index (χ3v) is 4.02. The minimum atomic E-state index is -5.03. The molecule has 0 radical (unpaired) electrons. The Hall–Kier alpha value is -1.80. The molecule has 0 saturated carbocycles. The number of esters is 1. The van der Waals surface area contributed by atoms with E-state index in [2.05, 4.69) is 5.32 Å². The first-order chi connectivity index (χ1) is 11.6. The van der Waals surface area contributed by atoms with Gasteiger partial charge in [-0.05, 0) is 25.2 Å². The molecular formula is C16H25F3N2O4. The molecule has 1 fully saturated rings. The van der Waals surface area contributed by atoms with E-state index < -0.39 is 36.0 Å². The Kier molecular flexibility index (Phi) is 7.69. The molecule has 1 aliphatic heterocycles. The van der Waals surface area contributed by atoms with E-state index in [0.717, 1.165) is 6.42 Å². The van der Waals surface area contributed by atoms with Gasteiger partial charge in [-0.25, -0.2) is 4.79 Å². The van der Waals surface area contributed by atoms with Crippen molar-refractivity contribution in [2.45, 2.75) is 64.7 Å². The van der Waals surface area contributed by atoms with E-state index in [1.54, 1.807) is 13.8 Å². The fourth-order valence-corrected chi connectivity index (χ4v) is 2.60. The summed E-state index contributed by atoms with van der Waals surface area (Å²) in [4.78, 5) is 36.4. The maximum absolute atomic E-state index is 12.6. The Morgan fingerprint density at radius 3 is 2.44 bits per heavy atom. The number of amides is 2. The minimum Gasteiger partial charge on any atom is -0.464 e. The Morgan fingerprint density at radius 2 is 1.92 bits per heavy atom. The first-order valence-electron chi connectivity index (χ1n) is 8.44. The van der Waals surface area contributed by atoms with Gasteiger partial charge in [0.25, 0.3) is 0 Å². The normalized spacial score (nSPS) is 19.0. The van der Waals surface area contributed by atoms with Crippen LogP contribution in [0.1, 0.15) is 46.5 Å². The largest absolute Gasteiger partial charge is 0.471 e. The average Bonchev–Trinajstić information content (AvgIpc) is 2.99. The van der Waals surface area contributed by atoms with Crippen molar-refractivity contribution in [2.75, 3.05) is 13.2 Å². The van der Waals surface area contributed by atoms with Gasteiger partial charge in [-0.15, -0.1) is 0 Å². The molecule has 0 aromatic rings. The number of ether oxygens (including phenoxy) is 1. The molecule has 9 heteroatoms. The summed E-state index contributed by atoms with van der Waals surface area (Å²) < 4.78 is 43.0. The summed E-state index contributed by atoms with van der Waals surface area (Å²) in [7, 11) is 0. The quantitative estimate of drug-likeness (QED) is 0.553. The second-order valence-corrected chi connectivity index (χ2v) is 6.41. The van der Waals surface area contributed by atoms with Crippen molar-refractivity contribution in [3.8, 4) is 0 Å². The van der Waals surface area contributed by atoms with Crippen molar-refractivity contribution in [1.82, 2.24) is 10.2 Å². The number of halogens is 3. The predicted octanol–water partition coefficient (Wildman–Crippen LogP) is 2.02. The van der Waals surface area contributed by atoms with Crippen molar-refractivity contribution < 1.29 is 32.3 Å². The van der Waals surface area contributed by atoms with E-state index in [0.29, 0.717) is 17.7 Å². The Bertz CT molecular complexity index is 494. The minimum absolute atomic E-state index is 0.128. The molecule has 0 aromatic carbocycles. The molecule has 0 aromatic heterocycles. The van der Waals surface area contributed by atoms with Gasteiger partial charge in [0.1, 0.15) is 12.1 Å². The van der Waals surface area contributed by atoms with Crippen LogP contribution in [-0.4, -0.2) is 54.1 Å². The van der Waals surface area contributed by atoms with Crippen LogP contribution in [0.25, 0.3) is 0 Å². The van der Waals surface area contributed by atoms with E-state index in [1.165, 1.54) is 0 Å². The summed E-state index contributed by atoms with van der Waals surface area (Å²) in [6.07, 6.45) is -3.08. The predicted molar refractivity (Wildman–Crippen MR) is 83.4 cm³/mol. The molecule has 0 spiro atoms. The van der Waals surface area contributed by atoms with Crippen molar-refractivity contribution in [2.24, 2.45) is 5.92 Å². The van der Waals surface area contributed by atoms with Crippen LogP contribution in [0.4, 0.5) is 13.2 Å². The molecule has 0 aliphatic carbocycles. The first kappa shape index (κ1) is 21.2. The second-order valence-electron chi connectivity index (χ2n) is 6.41. The van der Waals surface area contributed by atoms with Gasteiger partial charge in [-0.2, -0.15) is 13.2 Å². The molecule has 0 unspecified atom stereocenters. The highest BCUT2D eigenvalue weighted by molar-refractivity contribution is 5.92. The molecule has 144 valence electrons. The number of carbonyl (C=O) groups excluding carboxylic acids is 3. The Morgan fingerprint density at radius 1 is 1.28 bits per heavy atom. The molecular weight excluding hydrogens is 341 g/mol. The van der Waals surface area contributed by atoms with Crippen molar-refractivity contribution in [3.63, 3.8) is 0 Å². The summed E-state index contributed by atoms with van der Waals surface area (Å²) in [5, 5.41) is 2.45. The van der Waals surface area contributed by atoms with Crippen LogP contribution in [0.3, 0.4) is 0 Å². The number of alkyl halides is 3. The topological polar surface area (TPSA) is 75.7 Å². The molecule has 1 aliphatic rings. The average molecular weight is 366 g/mol. The maximum Gasteiger partial charge on any atom is 0.471 e. The summed E-state index contributed by atoms with van der Waals surface area (Å²) in [5.41, 5.74) is 0. The van der Waals surface area contributed by atoms with Gasteiger partial charge in [0.2, 0.25) is 5.91 Å². The van der Waals surface area contributed by atoms with Crippen LogP contribution in [0.15, 0.2) is 0 Å². The van der Waals surface area contributed by atoms with Crippen LogP contribution < -0.4 is 5.32 Å². The van der Waals surface area contributed by atoms with Crippen LogP contribution in [0.5, 0.6) is 0 Å². The fourth-order valence-electron chi connectivity index (χ4n) is 2.60. The zero-order chi connectivity index (χ0) is 19.2. The Balaban J connectivity index is 2.76. The van der Waals surface area contributed by atoms with Crippen molar-refractivity contribution in [1.29, 1.82) is 0 Å². The highest BCUT2D eigenvalue weighted by Gasteiger charge is 2.48. The summed E-state index contributed by atoms with van der Waals surface area (Å²) in [6.45, 7) is 5.40. The number of rotatable bonds is 7. The Labute approximate surface area is 145 Å². The molecule has 0 bridgehead atoms. The third kappa shape index (κ3) is 5.89. The first-order valence-corrected chi connectivity index (χ1v) is 8.44. The number of unbranched alkanes of at least 4 members (excludes halogenated alkanes) is 1. The molecule has 1 rings (SSSR count). The van der Waals surface area contributed by atoms with Gasteiger partial charge in [-0.3, -0.25) is 9.59 Å². The van der Waals surface area contributed by atoms with Gasteiger partial charge in [0.05, 0.1) is 6.61 Å². The lowest BCUT2D eigenvalue weighted by atomic mass is 10.0. The van der Waals surface area contributed by atoms with E-state index in [1.807, 2.05) is 6.92 Å². The number of hydrogen-bond donors (Lipinski definition) is 1.